The molecule has 1 heterocycles. The van der Waals surface area contributed by atoms with Gasteiger partial charge in [-0.15, -0.1) is 10.2 Å². The number of hydrogen-bond acceptors (Lipinski definition) is 4. The second-order valence-corrected chi connectivity index (χ2v) is 7.91. The maximum atomic E-state index is 12.5. The summed E-state index contributed by atoms with van der Waals surface area (Å²) in [5.74, 6) is -0.244. The Kier molecular flexibility index (Phi) is 5.77. The summed E-state index contributed by atoms with van der Waals surface area (Å²) in [6, 6.07) is 19.4. The van der Waals surface area contributed by atoms with E-state index < -0.39 is 0 Å². The molecule has 6 nitrogen and oxygen atoms in total. The predicted molar refractivity (Wildman–Crippen MR) is 128 cm³/mol. The van der Waals surface area contributed by atoms with Gasteiger partial charge in [-0.3, -0.25) is 10.1 Å². The number of nitrogens with one attached hydrogen (secondary N) is 2. The number of carbonyl (C=O) groups excluding carboxylic acids is 1. The minimum Gasteiger partial charge on any atom is -0.332 e. The van der Waals surface area contributed by atoms with E-state index in [-0.39, 0.29) is 11.0 Å². The molecule has 0 fully saturated rings. The normalized spacial score (nSPS) is 10.8. The Hall–Kier alpha value is -3.58. The van der Waals surface area contributed by atoms with Gasteiger partial charge in [-0.05, 0) is 80.5 Å². The molecule has 3 aromatic carbocycles. The summed E-state index contributed by atoms with van der Waals surface area (Å²) < 4.78 is 0. The second kappa shape index (κ2) is 8.65. The summed E-state index contributed by atoms with van der Waals surface area (Å²) in [4.78, 5) is 14.1. The molecular weight excluding hydrogens is 406 g/mol. The Morgan fingerprint density at radius 3 is 2.29 bits per heavy atom. The lowest BCUT2D eigenvalue weighted by atomic mass is 10.1. The first-order chi connectivity index (χ1) is 14.9. The van der Waals surface area contributed by atoms with Gasteiger partial charge in [-0.2, -0.15) is 4.80 Å². The van der Waals surface area contributed by atoms with E-state index in [0.717, 1.165) is 40.0 Å². The third-order valence-electron chi connectivity index (χ3n) is 4.92. The van der Waals surface area contributed by atoms with Crippen LogP contribution in [-0.4, -0.2) is 26.0 Å². The number of hydrogen-bond donors (Lipinski definition) is 2. The molecule has 2 N–H and O–H groups in total. The van der Waals surface area contributed by atoms with Crippen LogP contribution in [0, 0.1) is 13.8 Å². The van der Waals surface area contributed by atoms with Crippen LogP contribution in [0.2, 0.25) is 0 Å². The van der Waals surface area contributed by atoms with Crippen molar-refractivity contribution < 1.29 is 4.79 Å². The SMILES string of the molecule is CCc1ccc(-n2nc3ccc(NC(=S)NC(=O)c4cc(C)cc(C)c4)cc3n2)cc1. The third-order valence-corrected chi connectivity index (χ3v) is 5.13. The monoisotopic (exact) mass is 429 g/mol. The average molecular weight is 430 g/mol. The van der Waals surface area contributed by atoms with E-state index in [1.807, 2.05) is 62.4 Å². The molecule has 1 amide bonds. The van der Waals surface area contributed by atoms with Gasteiger partial charge in [-0.25, -0.2) is 0 Å². The Bertz CT molecular complexity index is 1260. The van der Waals surface area contributed by atoms with Gasteiger partial charge in [0.05, 0.1) is 5.69 Å². The average Bonchev–Trinajstić information content (AvgIpc) is 3.16. The zero-order valence-electron chi connectivity index (χ0n) is 17.6. The molecule has 0 aliphatic rings. The van der Waals surface area contributed by atoms with E-state index in [9.17, 15) is 4.79 Å². The molecule has 1 aromatic heterocycles. The summed E-state index contributed by atoms with van der Waals surface area (Å²) in [6.07, 6.45) is 0.990. The molecule has 0 spiro atoms. The van der Waals surface area contributed by atoms with E-state index in [1.165, 1.54) is 5.56 Å². The maximum Gasteiger partial charge on any atom is 0.257 e. The van der Waals surface area contributed by atoms with Gasteiger partial charge in [0.25, 0.3) is 5.91 Å². The van der Waals surface area contributed by atoms with Crippen LogP contribution in [0.25, 0.3) is 16.7 Å². The van der Waals surface area contributed by atoms with Crippen molar-refractivity contribution in [1.82, 2.24) is 20.3 Å². The minimum atomic E-state index is -0.244. The van der Waals surface area contributed by atoms with E-state index >= 15 is 0 Å². The zero-order valence-corrected chi connectivity index (χ0v) is 18.5. The molecule has 7 heteroatoms. The Labute approximate surface area is 186 Å². The van der Waals surface area contributed by atoms with E-state index in [1.54, 1.807) is 4.80 Å². The number of carbonyl (C=O) groups is 1. The Morgan fingerprint density at radius 2 is 1.61 bits per heavy atom. The molecule has 0 aliphatic carbocycles. The van der Waals surface area contributed by atoms with Gasteiger partial charge in [0, 0.05) is 11.3 Å². The van der Waals surface area contributed by atoms with Crippen molar-refractivity contribution in [2.45, 2.75) is 27.2 Å². The van der Waals surface area contributed by atoms with Crippen LogP contribution in [0.1, 0.15) is 34.0 Å². The standard InChI is InChI=1S/C24H23N5OS/c1-4-17-5-8-20(9-6-17)29-27-21-10-7-19(14-22(21)28-29)25-24(31)26-23(30)18-12-15(2)11-16(3)13-18/h5-14H,4H2,1-3H3,(H2,25,26,30,31). The molecule has 0 saturated heterocycles. The number of anilines is 1. The van der Waals surface area contributed by atoms with Gasteiger partial charge >= 0.3 is 0 Å². The Balaban J connectivity index is 1.48. The van der Waals surface area contributed by atoms with Crippen molar-refractivity contribution in [3.8, 4) is 5.69 Å². The summed E-state index contributed by atoms with van der Waals surface area (Å²) in [6.45, 7) is 6.04. The molecule has 0 bridgehead atoms. The first-order valence-electron chi connectivity index (χ1n) is 10.1. The van der Waals surface area contributed by atoms with Crippen LogP contribution >= 0.6 is 12.2 Å². The second-order valence-electron chi connectivity index (χ2n) is 7.50. The van der Waals surface area contributed by atoms with Crippen LogP contribution in [0.5, 0.6) is 0 Å². The number of nitrogens with zero attached hydrogens (tertiary/aromatic N) is 3. The van der Waals surface area contributed by atoms with E-state index in [0.29, 0.717) is 5.56 Å². The highest BCUT2D eigenvalue weighted by molar-refractivity contribution is 7.80. The smallest absolute Gasteiger partial charge is 0.257 e. The molecule has 4 rings (SSSR count). The topological polar surface area (TPSA) is 71.8 Å². The summed E-state index contributed by atoms with van der Waals surface area (Å²) in [5, 5.41) is 15.1. The highest BCUT2D eigenvalue weighted by atomic mass is 32.1. The first kappa shape index (κ1) is 20.7. The van der Waals surface area contributed by atoms with Gasteiger partial charge in [-0.1, -0.05) is 36.2 Å². The first-order valence-corrected chi connectivity index (χ1v) is 10.5. The van der Waals surface area contributed by atoms with E-state index in [2.05, 4.69) is 39.9 Å². The largest absolute Gasteiger partial charge is 0.332 e. The number of rotatable bonds is 4. The van der Waals surface area contributed by atoms with Crippen LogP contribution in [-0.2, 0) is 6.42 Å². The van der Waals surface area contributed by atoms with Crippen LogP contribution in [0.3, 0.4) is 0 Å². The molecular formula is C24H23N5OS. The predicted octanol–water partition coefficient (Wildman–Crippen LogP) is 4.73. The maximum absolute atomic E-state index is 12.5. The van der Waals surface area contributed by atoms with Gasteiger partial charge < -0.3 is 5.32 Å². The molecule has 4 aromatic rings. The molecule has 31 heavy (non-hydrogen) atoms. The number of fused-ring (bicyclic) bond motifs is 1. The highest BCUT2D eigenvalue weighted by Crippen LogP contribution is 2.18. The number of thiocarbonyl (C=S) groups is 1. The highest BCUT2D eigenvalue weighted by Gasteiger charge is 2.11. The van der Waals surface area contributed by atoms with Crippen molar-refractivity contribution in [2.24, 2.45) is 0 Å². The number of aromatic nitrogens is 3. The molecule has 0 aliphatic heterocycles. The lowest BCUT2D eigenvalue weighted by Gasteiger charge is -2.10. The van der Waals surface area contributed by atoms with Crippen molar-refractivity contribution in [3.05, 3.63) is 82.9 Å². The van der Waals surface area contributed by atoms with Crippen molar-refractivity contribution in [2.75, 3.05) is 5.32 Å². The molecule has 156 valence electrons. The van der Waals surface area contributed by atoms with Gasteiger partial charge in [0.1, 0.15) is 11.0 Å². The van der Waals surface area contributed by atoms with Crippen molar-refractivity contribution >= 4 is 40.0 Å². The van der Waals surface area contributed by atoms with Crippen LogP contribution < -0.4 is 10.6 Å². The lowest BCUT2D eigenvalue weighted by molar-refractivity contribution is 0.0977. The summed E-state index contributed by atoms with van der Waals surface area (Å²) in [7, 11) is 0. The molecule has 0 saturated carbocycles. The number of amides is 1. The molecule has 0 radical (unpaired) electrons. The van der Waals surface area contributed by atoms with Gasteiger partial charge in [0.15, 0.2) is 5.11 Å². The Morgan fingerprint density at radius 1 is 0.935 bits per heavy atom. The fourth-order valence-corrected chi connectivity index (χ4v) is 3.63. The van der Waals surface area contributed by atoms with E-state index in [4.69, 9.17) is 12.2 Å². The fraction of sp³-hybridized carbons (Fsp3) is 0.167. The van der Waals surface area contributed by atoms with Gasteiger partial charge in [0.2, 0.25) is 0 Å². The number of benzene rings is 3. The third kappa shape index (κ3) is 4.78. The van der Waals surface area contributed by atoms with Crippen LogP contribution in [0.4, 0.5) is 5.69 Å². The van der Waals surface area contributed by atoms with Crippen LogP contribution in [0.15, 0.2) is 60.7 Å². The van der Waals surface area contributed by atoms with Crippen molar-refractivity contribution in [1.29, 1.82) is 0 Å². The zero-order chi connectivity index (χ0) is 22.0. The molecule has 0 atom stereocenters. The lowest BCUT2D eigenvalue weighted by Crippen LogP contribution is -2.34. The molecule has 0 unspecified atom stereocenters. The van der Waals surface area contributed by atoms with Crippen molar-refractivity contribution in [3.63, 3.8) is 0 Å². The quantitative estimate of drug-likeness (QED) is 0.459. The minimum absolute atomic E-state index is 0.228. The summed E-state index contributed by atoms with van der Waals surface area (Å²) >= 11 is 5.32. The fourth-order valence-electron chi connectivity index (χ4n) is 3.42. The number of aryl methyl sites for hydroxylation is 3. The summed E-state index contributed by atoms with van der Waals surface area (Å²) in [5.41, 5.74) is 7.04.